The van der Waals surface area contributed by atoms with Gasteiger partial charge in [0.2, 0.25) is 5.95 Å². The van der Waals surface area contributed by atoms with Crippen molar-refractivity contribution in [3.63, 3.8) is 0 Å². The number of methoxy groups -OCH3 is 2. The zero-order valence-electron chi connectivity index (χ0n) is 14.0. The zero-order valence-corrected chi connectivity index (χ0v) is 14.0. The lowest BCUT2D eigenvalue weighted by molar-refractivity contribution is -0.147. The smallest absolute Gasteiger partial charge is 0.346 e. The first-order valence-corrected chi connectivity index (χ1v) is 7.23. The number of benzene rings is 1. The van der Waals surface area contributed by atoms with Crippen LogP contribution in [-0.2, 0) is 9.53 Å². The molecule has 2 rings (SSSR count). The molecule has 0 saturated carbocycles. The standard InChI is InChI=1S/C16H20N4O4/c1-10-9-20(16(17)19-10)18-8-12-5-6-13(14(7-12)22-3)24-11(2)15(21)23-4/h5-9,11H,1-4H3,(H2,17,19). The first-order valence-electron chi connectivity index (χ1n) is 7.23. The summed E-state index contributed by atoms with van der Waals surface area (Å²) in [4.78, 5) is 15.5. The van der Waals surface area contributed by atoms with Crippen molar-refractivity contribution in [1.82, 2.24) is 9.66 Å². The number of hydrogen-bond acceptors (Lipinski definition) is 7. The summed E-state index contributed by atoms with van der Waals surface area (Å²) in [5, 5.41) is 4.24. The number of esters is 1. The van der Waals surface area contributed by atoms with Gasteiger partial charge in [0, 0.05) is 0 Å². The monoisotopic (exact) mass is 332 g/mol. The average molecular weight is 332 g/mol. The Balaban J connectivity index is 2.19. The van der Waals surface area contributed by atoms with Gasteiger partial charge in [0.1, 0.15) is 0 Å². The highest BCUT2D eigenvalue weighted by molar-refractivity contribution is 5.81. The van der Waals surface area contributed by atoms with Gasteiger partial charge in [-0.15, -0.1) is 0 Å². The minimum absolute atomic E-state index is 0.308. The molecule has 0 aliphatic carbocycles. The summed E-state index contributed by atoms with van der Waals surface area (Å²) in [5.74, 6) is 0.756. The van der Waals surface area contributed by atoms with E-state index in [1.54, 1.807) is 37.5 Å². The first kappa shape index (κ1) is 17.3. The Kier molecular flexibility index (Phi) is 5.41. The summed E-state index contributed by atoms with van der Waals surface area (Å²) >= 11 is 0. The van der Waals surface area contributed by atoms with E-state index in [9.17, 15) is 4.79 Å². The summed E-state index contributed by atoms with van der Waals surface area (Å²) in [6.07, 6.45) is 2.60. The van der Waals surface area contributed by atoms with E-state index in [4.69, 9.17) is 15.2 Å². The van der Waals surface area contributed by atoms with Crippen molar-refractivity contribution in [3.05, 3.63) is 35.7 Å². The molecule has 0 aliphatic rings. The number of nitrogens with zero attached hydrogens (tertiary/aromatic N) is 3. The van der Waals surface area contributed by atoms with Crippen LogP contribution in [-0.4, -0.2) is 42.2 Å². The third-order valence-corrected chi connectivity index (χ3v) is 3.19. The molecule has 1 aromatic carbocycles. The minimum Gasteiger partial charge on any atom is -0.493 e. The number of rotatable bonds is 6. The van der Waals surface area contributed by atoms with Crippen LogP contribution in [0.25, 0.3) is 0 Å². The maximum atomic E-state index is 11.4. The van der Waals surface area contributed by atoms with E-state index in [0.717, 1.165) is 11.3 Å². The Bertz CT molecular complexity index is 755. The number of carbonyl (C=O) groups excluding carboxylic acids is 1. The summed E-state index contributed by atoms with van der Waals surface area (Å²) in [6, 6.07) is 5.22. The van der Waals surface area contributed by atoms with Crippen molar-refractivity contribution >= 4 is 18.1 Å². The molecule has 24 heavy (non-hydrogen) atoms. The number of nitrogens with two attached hydrogens (primary N) is 1. The number of imidazole rings is 1. The Morgan fingerprint density at radius 1 is 1.38 bits per heavy atom. The van der Waals surface area contributed by atoms with E-state index in [-0.39, 0.29) is 0 Å². The Hall–Kier alpha value is -3.03. The number of aromatic nitrogens is 2. The number of nitrogen functional groups attached to an aromatic ring is 1. The lowest BCUT2D eigenvalue weighted by atomic mass is 10.2. The van der Waals surface area contributed by atoms with Gasteiger partial charge in [-0.1, -0.05) is 0 Å². The third kappa shape index (κ3) is 4.03. The van der Waals surface area contributed by atoms with E-state index in [0.29, 0.717) is 17.4 Å². The van der Waals surface area contributed by atoms with Crippen LogP contribution < -0.4 is 15.2 Å². The van der Waals surface area contributed by atoms with Crippen LogP contribution in [0.15, 0.2) is 29.5 Å². The number of hydrogen-bond donors (Lipinski definition) is 1. The van der Waals surface area contributed by atoms with Crippen LogP contribution in [0, 0.1) is 6.92 Å². The van der Waals surface area contributed by atoms with Gasteiger partial charge in [0.15, 0.2) is 17.6 Å². The molecule has 2 aromatic rings. The Morgan fingerprint density at radius 2 is 2.12 bits per heavy atom. The van der Waals surface area contributed by atoms with Gasteiger partial charge in [-0.2, -0.15) is 5.10 Å². The van der Waals surface area contributed by atoms with E-state index in [2.05, 4.69) is 14.8 Å². The van der Waals surface area contributed by atoms with E-state index in [1.165, 1.54) is 18.9 Å². The lowest BCUT2D eigenvalue weighted by Crippen LogP contribution is -2.25. The molecule has 2 N–H and O–H groups in total. The largest absolute Gasteiger partial charge is 0.493 e. The van der Waals surface area contributed by atoms with Crippen LogP contribution in [0.4, 0.5) is 5.95 Å². The van der Waals surface area contributed by atoms with Gasteiger partial charge in [0.05, 0.1) is 32.3 Å². The molecule has 8 nitrogen and oxygen atoms in total. The molecule has 0 aliphatic heterocycles. The molecule has 128 valence electrons. The fourth-order valence-electron chi connectivity index (χ4n) is 1.99. The van der Waals surface area contributed by atoms with Crippen molar-refractivity contribution in [2.45, 2.75) is 20.0 Å². The average Bonchev–Trinajstić information content (AvgIpc) is 2.90. The number of ether oxygens (including phenoxy) is 3. The molecular formula is C16H20N4O4. The highest BCUT2D eigenvalue weighted by atomic mass is 16.6. The number of aryl methyl sites for hydroxylation is 1. The highest BCUT2D eigenvalue weighted by Gasteiger charge is 2.17. The quantitative estimate of drug-likeness (QED) is 0.637. The molecule has 0 saturated heterocycles. The van der Waals surface area contributed by atoms with Crippen LogP contribution in [0.1, 0.15) is 18.2 Å². The molecule has 0 fully saturated rings. The van der Waals surface area contributed by atoms with Gasteiger partial charge in [-0.05, 0) is 37.6 Å². The van der Waals surface area contributed by atoms with Crippen LogP contribution >= 0.6 is 0 Å². The fraction of sp³-hybridized carbons (Fsp3) is 0.312. The molecule has 0 bridgehead atoms. The second-order valence-corrected chi connectivity index (χ2v) is 5.02. The van der Waals surface area contributed by atoms with Gasteiger partial charge in [0.25, 0.3) is 0 Å². The molecule has 1 unspecified atom stereocenters. The normalized spacial score (nSPS) is 12.2. The second-order valence-electron chi connectivity index (χ2n) is 5.02. The molecule has 1 heterocycles. The van der Waals surface area contributed by atoms with Crippen LogP contribution in [0.3, 0.4) is 0 Å². The summed E-state index contributed by atoms with van der Waals surface area (Å²) in [5.41, 5.74) is 7.29. The molecule has 0 radical (unpaired) electrons. The SMILES string of the molecule is COC(=O)C(C)Oc1ccc(C=Nn2cc(C)nc2N)cc1OC. The third-order valence-electron chi connectivity index (χ3n) is 3.19. The summed E-state index contributed by atoms with van der Waals surface area (Å²) in [7, 11) is 2.83. The van der Waals surface area contributed by atoms with Gasteiger partial charge < -0.3 is 19.9 Å². The molecule has 8 heteroatoms. The molecular weight excluding hydrogens is 312 g/mol. The van der Waals surface area contributed by atoms with Crippen molar-refractivity contribution in [3.8, 4) is 11.5 Å². The predicted octanol–water partition coefficient (Wildman–Crippen LogP) is 1.60. The van der Waals surface area contributed by atoms with Crippen molar-refractivity contribution in [1.29, 1.82) is 0 Å². The molecule has 0 amide bonds. The lowest BCUT2D eigenvalue weighted by Gasteiger charge is -2.15. The van der Waals surface area contributed by atoms with Gasteiger partial charge in [-0.3, -0.25) is 0 Å². The van der Waals surface area contributed by atoms with Crippen LogP contribution in [0.2, 0.25) is 0 Å². The van der Waals surface area contributed by atoms with Crippen molar-refractivity contribution in [2.75, 3.05) is 20.0 Å². The molecule has 1 atom stereocenters. The predicted molar refractivity (Wildman–Crippen MR) is 89.5 cm³/mol. The van der Waals surface area contributed by atoms with Crippen molar-refractivity contribution in [2.24, 2.45) is 5.10 Å². The highest BCUT2D eigenvalue weighted by Crippen LogP contribution is 2.28. The maximum absolute atomic E-state index is 11.4. The summed E-state index contributed by atoms with van der Waals surface area (Å²) in [6.45, 7) is 3.44. The first-order chi connectivity index (χ1) is 11.4. The Labute approximate surface area is 139 Å². The number of carbonyl (C=O) groups is 1. The van der Waals surface area contributed by atoms with Crippen LogP contribution in [0.5, 0.6) is 11.5 Å². The van der Waals surface area contributed by atoms with Crippen molar-refractivity contribution < 1.29 is 19.0 Å². The zero-order chi connectivity index (χ0) is 17.7. The second kappa shape index (κ2) is 7.49. The van der Waals surface area contributed by atoms with E-state index < -0.39 is 12.1 Å². The maximum Gasteiger partial charge on any atom is 0.346 e. The van der Waals surface area contributed by atoms with E-state index >= 15 is 0 Å². The number of anilines is 1. The topological polar surface area (TPSA) is 101 Å². The summed E-state index contributed by atoms with van der Waals surface area (Å²) < 4.78 is 17.0. The molecule has 0 spiro atoms. The van der Waals surface area contributed by atoms with E-state index in [1.807, 2.05) is 6.92 Å². The minimum atomic E-state index is -0.739. The molecule has 1 aromatic heterocycles. The Morgan fingerprint density at radius 3 is 2.71 bits per heavy atom. The van der Waals surface area contributed by atoms with Gasteiger partial charge in [-0.25, -0.2) is 14.5 Å². The van der Waals surface area contributed by atoms with Gasteiger partial charge >= 0.3 is 5.97 Å². The fourth-order valence-corrected chi connectivity index (χ4v) is 1.99.